The zero-order valence-electron chi connectivity index (χ0n) is 5.85. The summed E-state index contributed by atoms with van der Waals surface area (Å²) in [6.45, 7) is 0.652. The Morgan fingerprint density at radius 2 is 1.50 bits per heavy atom. The molecular weight excluding hydrogens is 204 g/mol. The third-order valence-electron chi connectivity index (χ3n) is 1.18. The maximum absolute atomic E-state index is 12.1. The van der Waals surface area contributed by atoms with Gasteiger partial charge in [0.2, 0.25) is 0 Å². The predicted octanol–water partition coefficient (Wildman–Crippen LogP) is 1.38. The van der Waals surface area contributed by atoms with E-state index >= 15 is 0 Å². The molecular formula is C4H5F4O3S. The van der Waals surface area contributed by atoms with E-state index in [0.29, 0.717) is 6.92 Å². The second-order valence-corrected chi connectivity index (χ2v) is 3.45. The summed E-state index contributed by atoms with van der Waals surface area (Å²) in [5, 5.41) is -5.53. The molecule has 0 heterocycles. The molecule has 0 saturated heterocycles. The molecule has 0 N–H and O–H groups in total. The Labute approximate surface area is 66.1 Å². The lowest BCUT2D eigenvalue weighted by Crippen LogP contribution is -2.45. The quantitative estimate of drug-likeness (QED) is 0.659. The van der Waals surface area contributed by atoms with Gasteiger partial charge >= 0.3 is 21.3 Å². The van der Waals surface area contributed by atoms with Gasteiger partial charge in [-0.25, -0.2) is 0 Å². The Morgan fingerprint density at radius 1 is 1.17 bits per heavy atom. The monoisotopic (exact) mass is 209 g/mol. The molecule has 0 fully saturated rings. The summed E-state index contributed by atoms with van der Waals surface area (Å²) >= 11 is 0. The number of halogens is 4. The first kappa shape index (κ1) is 11.6. The van der Waals surface area contributed by atoms with Crippen LogP contribution >= 0.6 is 0 Å². The van der Waals surface area contributed by atoms with Crippen LogP contribution in [-0.4, -0.2) is 19.6 Å². The molecule has 0 aromatic rings. The summed E-state index contributed by atoms with van der Waals surface area (Å²) in [6, 6.07) is 0. The lowest BCUT2D eigenvalue weighted by atomic mass is 10.3. The van der Waals surface area contributed by atoms with E-state index in [1.807, 2.05) is 0 Å². The van der Waals surface area contributed by atoms with Crippen molar-refractivity contribution in [3.05, 3.63) is 0 Å². The van der Waals surface area contributed by atoms with Crippen LogP contribution in [0.1, 0.15) is 13.3 Å². The van der Waals surface area contributed by atoms with E-state index in [1.165, 1.54) is 0 Å². The van der Waals surface area contributed by atoms with E-state index in [1.54, 1.807) is 0 Å². The topological polar surface area (TPSA) is 54.0 Å². The second kappa shape index (κ2) is 2.84. The first-order valence-electron chi connectivity index (χ1n) is 2.77. The van der Waals surface area contributed by atoms with Gasteiger partial charge in [0, 0.05) is 6.42 Å². The minimum absolute atomic E-state index is 0.652. The maximum atomic E-state index is 12.1. The van der Waals surface area contributed by atoms with Crippen molar-refractivity contribution in [1.29, 1.82) is 0 Å². The van der Waals surface area contributed by atoms with Gasteiger partial charge in [0.25, 0.3) is 0 Å². The van der Waals surface area contributed by atoms with Crippen molar-refractivity contribution in [2.24, 2.45) is 0 Å². The Kier molecular flexibility index (Phi) is 2.75. The molecule has 12 heavy (non-hydrogen) atoms. The van der Waals surface area contributed by atoms with Gasteiger partial charge in [-0.3, -0.25) is 0 Å². The zero-order valence-corrected chi connectivity index (χ0v) is 6.67. The predicted molar refractivity (Wildman–Crippen MR) is 29.8 cm³/mol. The van der Waals surface area contributed by atoms with Crippen LogP contribution in [0.3, 0.4) is 0 Å². The van der Waals surface area contributed by atoms with Crippen molar-refractivity contribution in [1.82, 2.24) is 0 Å². The Morgan fingerprint density at radius 3 is 1.58 bits per heavy atom. The molecule has 73 valence electrons. The smallest absolute Gasteiger partial charge is 0.198 e. The Balaban J connectivity index is 5.13. The van der Waals surface area contributed by atoms with Crippen molar-refractivity contribution >= 4 is 10.1 Å². The summed E-state index contributed by atoms with van der Waals surface area (Å²) in [4.78, 5) is 0. The molecule has 8 heteroatoms. The van der Waals surface area contributed by atoms with E-state index in [4.69, 9.17) is 0 Å². The third kappa shape index (κ3) is 1.69. The van der Waals surface area contributed by atoms with Crippen molar-refractivity contribution in [3.63, 3.8) is 0 Å². The highest BCUT2D eigenvalue weighted by Crippen LogP contribution is 2.40. The van der Waals surface area contributed by atoms with Crippen LogP contribution < -0.4 is 0 Å². The van der Waals surface area contributed by atoms with Gasteiger partial charge in [-0.05, 0) is 0 Å². The summed E-state index contributed by atoms with van der Waals surface area (Å²) in [6.07, 6.45) is -1.42. The summed E-state index contributed by atoms with van der Waals surface area (Å²) < 4.78 is 77.3. The highest BCUT2D eigenvalue weighted by atomic mass is 32.2. The van der Waals surface area contributed by atoms with Crippen LogP contribution in [0.5, 0.6) is 0 Å². The number of hydrogen-bond donors (Lipinski definition) is 0. The van der Waals surface area contributed by atoms with Gasteiger partial charge < -0.3 is 0 Å². The van der Waals surface area contributed by atoms with Crippen LogP contribution in [-0.2, 0) is 14.7 Å². The Hall–Kier alpha value is -0.370. The van der Waals surface area contributed by atoms with Crippen LogP contribution in [0.15, 0.2) is 0 Å². The fraction of sp³-hybridized carbons (Fsp3) is 1.00. The largest absolute Gasteiger partial charge is 0.434 e. The Bertz CT molecular complexity index is 257. The van der Waals surface area contributed by atoms with E-state index < -0.39 is 27.7 Å². The van der Waals surface area contributed by atoms with Gasteiger partial charge in [-0.2, -0.15) is 26.0 Å². The third-order valence-corrected chi connectivity index (χ3v) is 2.11. The van der Waals surface area contributed by atoms with Crippen LogP contribution in [0.2, 0.25) is 0 Å². The van der Waals surface area contributed by atoms with Crippen LogP contribution in [0.25, 0.3) is 0 Å². The average Bonchev–Trinajstić information content (AvgIpc) is 1.85. The molecule has 0 aliphatic heterocycles. The summed E-state index contributed by atoms with van der Waals surface area (Å²) in [7, 11) is -6.31. The van der Waals surface area contributed by atoms with Crippen LogP contribution in [0.4, 0.5) is 17.6 Å². The normalized spacial score (nSPS) is 14.8. The first-order valence-corrected chi connectivity index (χ1v) is 4.18. The lowest BCUT2D eigenvalue weighted by molar-refractivity contribution is -0.162. The second-order valence-electron chi connectivity index (χ2n) is 2.03. The van der Waals surface area contributed by atoms with Crippen molar-refractivity contribution in [3.8, 4) is 0 Å². The fourth-order valence-electron chi connectivity index (χ4n) is 0.389. The molecule has 0 spiro atoms. The van der Waals surface area contributed by atoms with Crippen LogP contribution in [0, 0.1) is 0 Å². The van der Waals surface area contributed by atoms with Gasteiger partial charge in [0.05, 0.1) is 0 Å². The molecule has 0 atom stereocenters. The maximum Gasteiger partial charge on any atom is 0.434 e. The van der Waals surface area contributed by atoms with Crippen molar-refractivity contribution < 1.29 is 30.5 Å². The molecule has 1 radical (unpaired) electrons. The van der Waals surface area contributed by atoms with Gasteiger partial charge in [-0.1, -0.05) is 11.5 Å². The molecule has 0 unspecified atom stereocenters. The SMILES string of the molecule is CCC(F)(F)C(F)(F)S([O])(=O)=O. The summed E-state index contributed by atoms with van der Waals surface area (Å²) in [5.74, 6) is -4.81. The molecule has 0 aliphatic rings. The highest BCUT2D eigenvalue weighted by Gasteiger charge is 2.65. The van der Waals surface area contributed by atoms with E-state index in [2.05, 4.69) is 0 Å². The molecule has 0 amide bonds. The molecule has 0 aromatic carbocycles. The van der Waals surface area contributed by atoms with E-state index in [0.717, 1.165) is 0 Å². The van der Waals surface area contributed by atoms with Crippen molar-refractivity contribution in [2.45, 2.75) is 24.5 Å². The lowest BCUT2D eigenvalue weighted by Gasteiger charge is -2.21. The van der Waals surface area contributed by atoms with Gasteiger partial charge in [-0.15, -0.1) is 0 Å². The van der Waals surface area contributed by atoms with Crippen molar-refractivity contribution in [2.75, 3.05) is 0 Å². The molecule has 0 bridgehead atoms. The molecule has 0 aromatic heterocycles. The first-order chi connectivity index (χ1) is 5.06. The average molecular weight is 209 g/mol. The fourth-order valence-corrected chi connectivity index (χ4v) is 0.899. The minimum atomic E-state index is -6.31. The summed E-state index contributed by atoms with van der Waals surface area (Å²) in [5.41, 5.74) is 0. The van der Waals surface area contributed by atoms with Gasteiger partial charge in [0.1, 0.15) is 0 Å². The number of alkyl halides is 4. The molecule has 0 rings (SSSR count). The number of hydrogen-bond acceptors (Lipinski definition) is 2. The highest BCUT2D eigenvalue weighted by molar-refractivity contribution is 7.86. The van der Waals surface area contributed by atoms with Gasteiger partial charge in [0.15, 0.2) is 0 Å². The molecule has 3 nitrogen and oxygen atoms in total. The molecule has 0 aliphatic carbocycles. The van der Waals surface area contributed by atoms with E-state index in [-0.39, 0.29) is 0 Å². The molecule has 0 saturated carbocycles. The number of rotatable bonds is 3. The standard InChI is InChI=1S/C4H5F4O3S/c1-2-3(5,6)4(7,8)12(9,10)11/h2H2,1H3. The zero-order chi connectivity index (χ0) is 10.2. The minimum Gasteiger partial charge on any atom is -0.198 e. The van der Waals surface area contributed by atoms with E-state index in [9.17, 15) is 30.5 Å².